The van der Waals surface area contributed by atoms with Crippen LogP contribution in [0.15, 0.2) is 12.2 Å². The van der Waals surface area contributed by atoms with Crippen molar-refractivity contribution < 1.29 is 9.90 Å². The molecule has 0 aliphatic rings. The highest BCUT2D eigenvalue weighted by molar-refractivity contribution is 5.79. The van der Waals surface area contributed by atoms with Gasteiger partial charge in [0.05, 0.1) is 0 Å². The van der Waals surface area contributed by atoms with Gasteiger partial charge in [-0.3, -0.25) is 0 Å². The van der Waals surface area contributed by atoms with Crippen molar-refractivity contribution in [3.05, 3.63) is 12.2 Å². The molecule has 0 amide bonds. The molecule has 0 bridgehead atoms. The number of carboxylic acids is 1. The van der Waals surface area contributed by atoms with Gasteiger partial charge in [0, 0.05) is 18.7 Å². The molecule has 76 valence electrons. The number of hydrogen-bond donors (Lipinski definition) is 1. The maximum Gasteiger partial charge on any atom is 0.328 e. The topological polar surface area (TPSA) is 40.5 Å². The Kier molecular flexibility index (Phi) is 6.24. The minimum atomic E-state index is -0.878. The Morgan fingerprint density at radius 1 is 1.62 bits per heavy atom. The number of likely N-dealkylation sites (N-methyl/N-ethyl adjacent to an activating group) is 1. The van der Waals surface area contributed by atoms with Gasteiger partial charge in [-0.15, -0.1) is 0 Å². The third-order valence-electron chi connectivity index (χ3n) is 2.11. The van der Waals surface area contributed by atoms with Gasteiger partial charge in [0.1, 0.15) is 0 Å². The SMILES string of the molecule is CCCC(C)N(C)CC=CC(=O)O. The molecule has 0 rings (SSSR count). The first-order chi connectivity index (χ1) is 6.07. The van der Waals surface area contributed by atoms with Gasteiger partial charge < -0.3 is 10.0 Å². The Morgan fingerprint density at radius 3 is 2.69 bits per heavy atom. The van der Waals surface area contributed by atoms with Crippen molar-refractivity contribution in [2.45, 2.75) is 32.7 Å². The van der Waals surface area contributed by atoms with Crippen molar-refractivity contribution in [2.24, 2.45) is 0 Å². The summed E-state index contributed by atoms with van der Waals surface area (Å²) >= 11 is 0. The van der Waals surface area contributed by atoms with E-state index in [1.165, 1.54) is 6.08 Å². The largest absolute Gasteiger partial charge is 0.478 e. The molecule has 0 aliphatic heterocycles. The molecule has 0 aromatic rings. The predicted molar refractivity (Wildman–Crippen MR) is 53.8 cm³/mol. The third kappa shape index (κ3) is 6.34. The molecular weight excluding hydrogens is 166 g/mol. The molecule has 0 spiro atoms. The first-order valence-corrected chi connectivity index (χ1v) is 4.67. The minimum Gasteiger partial charge on any atom is -0.478 e. The van der Waals surface area contributed by atoms with Crippen LogP contribution >= 0.6 is 0 Å². The average molecular weight is 185 g/mol. The van der Waals surface area contributed by atoms with Crippen LogP contribution in [0.3, 0.4) is 0 Å². The lowest BCUT2D eigenvalue weighted by Gasteiger charge is -2.22. The minimum absolute atomic E-state index is 0.517. The van der Waals surface area contributed by atoms with Crippen LogP contribution in [0.5, 0.6) is 0 Å². The molecule has 0 heterocycles. The van der Waals surface area contributed by atoms with Crippen LogP contribution in [0, 0.1) is 0 Å². The van der Waals surface area contributed by atoms with Gasteiger partial charge in [0.25, 0.3) is 0 Å². The molecule has 13 heavy (non-hydrogen) atoms. The zero-order valence-corrected chi connectivity index (χ0v) is 8.66. The van der Waals surface area contributed by atoms with Crippen molar-refractivity contribution in [1.82, 2.24) is 4.90 Å². The van der Waals surface area contributed by atoms with Gasteiger partial charge in [-0.25, -0.2) is 4.79 Å². The van der Waals surface area contributed by atoms with Crippen LogP contribution in [-0.2, 0) is 4.79 Å². The summed E-state index contributed by atoms with van der Waals surface area (Å²) < 4.78 is 0. The highest BCUT2D eigenvalue weighted by atomic mass is 16.4. The third-order valence-corrected chi connectivity index (χ3v) is 2.11. The van der Waals surface area contributed by atoms with Crippen LogP contribution in [0.2, 0.25) is 0 Å². The smallest absolute Gasteiger partial charge is 0.328 e. The lowest BCUT2D eigenvalue weighted by molar-refractivity contribution is -0.131. The molecular formula is C10H19NO2. The van der Waals surface area contributed by atoms with E-state index in [-0.39, 0.29) is 0 Å². The molecule has 0 aliphatic carbocycles. The van der Waals surface area contributed by atoms with Crippen molar-refractivity contribution in [2.75, 3.05) is 13.6 Å². The second-order valence-electron chi connectivity index (χ2n) is 3.32. The number of rotatable bonds is 6. The van der Waals surface area contributed by atoms with E-state index in [9.17, 15) is 4.79 Å². The number of carbonyl (C=O) groups is 1. The summed E-state index contributed by atoms with van der Waals surface area (Å²) in [5.41, 5.74) is 0. The summed E-state index contributed by atoms with van der Waals surface area (Å²) in [6.07, 6.45) is 5.18. The molecule has 0 saturated carbocycles. The highest BCUT2D eigenvalue weighted by Gasteiger charge is 2.05. The first kappa shape index (κ1) is 12.2. The molecule has 1 unspecified atom stereocenters. The zero-order valence-electron chi connectivity index (χ0n) is 8.66. The summed E-state index contributed by atoms with van der Waals surface area (Å²) in [6, 6.07) is 0.517. The molecule has 0 fully saturated rings. The number of carboxylic acid groups (broad SMARTS) is 1. The molecule has 3 nitrogen and oxygen atoms in total. The van der Waals surface area contributed by atoms with Crippen LogP contribution < -0.4 is 0 Å². The van der Waals surface area contributed by atoms with Gasteiger partial charge in [-0.1, -0.05) is 19.4 Å². The number of nitrogens with zero attached hydrogens (tertiary/aromatic N) is 1. The molecule has 0 radical (unpaired) electrons. The van der Waals surface area contributed by atoms with Gasteiger partial charge in [0.2, 0.25) is 0 Å². The van der Waals surface area contributed by atoms with Crippen LogP contribution in [0.4, 0.5) is 0 Å². The predicted octanol–water partition coefficient (Wildman–Crippen LogP) is 1.75. The first-order valence-electron chi connectivity index (χ1n) is 4.67. The summed E-state index contributed by atoms with van der Waals surface area (Å²) in [4.78, 5) is 12.3. The van der Waals surface area contributed by atoms with Crippen molar-refractivity contribution in [1.29, 1.82) is 0 Å². The normalized spacial score (nSPS) is 13.8. The maximum atomic E-state index is 10.2. The van der Waals surface area contributed by atoms with E-state index in [1.807, 2.05) is 7.05 Å². The number of hydrogen-bond acceptors (Lipinski definition) is 2. The Bertz CT molecular complexity index is 178. The fourth-order valence-corrected chi connectivity index (χ4v) is 1.14. The van der Waals surface area contributed by atoms with E-state index >= 15 is 0 Å². The van der Waals surface area contributed by atoms with Gasteiger partial charge in [0.15, 0.2) is 0 Å². The molecule has 1 atom stereocenters. The van der Waals surface area contributed by atoms with E-state index in [0.717, 1.165) is 12.8 Å². The van der Waals surface area contributed by atoms with Crippen LogP contribution in [-0.4, -0.2) is 35.6 Å². The highest BCUT2D eigenvalue weighted by Crippen LogP contribution is 2.03. The van der Waals surface area contributed by atoms with E-state index < -0.39 is 5.97 Å². The number of aliphatic carboxylic acids is 1. The Hall–Kier alpha value is -0.830. The Labute approximate surface area is 80.0 Å². The second-order valence-corrected chi connectivity index (χ2v) is 3.32. The fourth-order valence-electron chi connectivity index (χ4n) is 1.14. The summed E-state index contributed by atoms with van der Waals surface area (Å²) in [7, 11) is 2.01. The summed E-state index contributed by atoms with van der Waals surface area (Å²) in [5, 5.41) is 8.36. The Balaban J connectivity index is 3.72. The van der Waals surface area contributed by atoms with Crippen molar-refractivity contribution in [3.63, 3.8) is 0 Å². The molecule has 0 saturated heterocycles. The molecule has 3 heteroatoms. The van der Waals surface area contributed by atoms with E-state index in [2.05, 4.69) is 18.7 Å². The van der Waals surface area contributed by atoms with Crippen LogP contribution in [0.1, 0.15) is 26.7 Å². The molecule has 1 N–H and O–H groups in total. The quantitative estimate of drug-likeness (QED) is 0.641. The summed E-state index contributed by atoms with van der Waals surface area (Å²) in [6.45, 7) is 5.00. The molecule has 0 aromatic heterocycles. The maximum absolute atomic E-state index is 10.2. The monoisotopic (exact) mass is 185 g/mol. The van der Waals surface area contributed by atoms with E-state index in [4.69, 9.17) is 5.11 Å². The lowest BCUT2D eigenvalue weighted by Crippen LogP contribution is -2.28. The van der Waals surface area contributed by atoms with E-state index in [1.54, 1.807) is 6.08 Å². The van der Waals surface area contributed by atoms with E-state index in [0.29, 0.717) is 12.6 Å². The van der Waals surface area contributed by atoms with Crippen molar-refractivity contribution >= 4 is 5.97 Å². The van der Waals surface area contributed by atoms with Crippen molar-refractivity contribution in [3.8, 4) is 0 Å². The van der Waals surface area contributed by atoms with Crippen LogP contribution in [0.25, 0.3) is 0 Å². The fraction of sp³-hybridized carbons (Fsp3) is 0.700. The zero-order chi connectivity index (χ0) is 10.3. The standard InChI is InChI=1S/C10H19NO2/c1-4-6-9(2)11(3)8-5-7-10(12)13/h5,7,9H,4,6,8H2,1-3H3,(H,12,13). The molecule has 0 aromatic carbocycles. The average Bonchev–Trinajstić information content (AvgIpc) is 2.04. The van der Waals surface area contributed by atoms with Gasteiger partial charge in [-0.2, -0.15) is 0 Å². The second kappa shape index (κ2) is 6.66. The summed E-state index contributed by atoms with van der Waals surface area (Å²) in [5.74, 6) is -0.878. The van der Waals surface area contributed by atoms with Gasteiger partial charge >= 0.3 is 5.97 Å². The van der Waals surface area contributed by atoms with Gasteiger partial charge in [-0.05, 0) is 20.4 Å². The lowest BCUT2D eigenvalue weighted by atomic mass is 10.2. The Morgan fingerprint density at radius 2 is 2.23 bits per heavy atom.